The largest absolute Gasteiger partial charge is 0.0946 e. The van der Waals surface area contributed by atoms with Gasteiger partial charge in [0.05, 0.1) is 3.74 Å². The van der Waals surface area contributed by atoms with Crippen LogP contribution in [0.4, 0.5) is 0 Å². The third kappa shape index (κ3) is 2.51. The minimum absolute atomic E-state index is 0.275. The number of alkyl halides is 2. The summed E-state index contributed by atoms with van der Waals surface area (Å²) in [6.07, 6.45) is 0. The second kappa shape index (κ2) is 4.07. The van der Waals surface area contributed by atoms with Gasteiger partial charge in [0.15, 0.2) is 0 Å². The van der Waals surface area contributed by atoms with Gasteiger partial charge in [-0.15, -0.1) is 0 Å². The van der Waals surface area contributed by atoms with E-state index in [1.165, 1.54) is 9.13 Å². The van der Waals surface area contributed by atoms with Gasteiger partial charge in [-0.2, -0.15) is 0 Å². The van der Waals surface area contributed by atoms with Gasteiger partial charge in [-0.05, 0) is 40.3 Å². The molecule has 1 rings (SSSR count). The average Bonchev–Trinajstić information content (AvgIpc) is 1.88. The zero-order chi connectivity index (χ0) is 7.56. The Morgan fingerprint density at radius 3 is 2.00 bits per heavy atom. The van der Waals surface area contributed by atoms with Gasteiger partial charge in [-0.3, -0.25) is 0 Å². The van der Waals surface area contributed by atoms with Crippen LogP contribution in [0.1, 0.15) is 9.30 Å². The molecular weight excluding hydrogens is 371 g/mol. The van der Waals surface area contributed by atoms with Crippen molar-refractivity contribution in [1.29, 1.82) is 0 Å². The lowest BCUT2D eigenvalue weighted by atomic mass is 10.2. The molecule has 0 aliphatic carbocycles. The maximum absolute atomic E-state index is 3.42. The van der Waals surface area contributed by atoms with Crippen LogP contribution in [0.15, 0.2) is 24.3 Å². The van der Waals surface area contributed by atoms with E-state index in [-0.39, 0.29) is 3.74 Å². The van der Waals surface area contributed by atoms with Crippen molar-refractivity contribution in [2.75, 3.05) is 0 Å². The lowest BCUT2D eigenvalue weighted by Gasteiger charge is -1.99. The van der Waals surface area contributed by atoms with Crippen LogP contribution in [0.3, 0.4) is 0 Å². The molecule has 0 amide bonds. The molecule has 0 aliphatic rings. The number of halogens is 3. The van der Waals surface area contributed by atoms with E-state index >= 15 is 0 Å². The van der Waals surface area contributed by atoms with Gasteiger partial charge in [0.1, 0.15) is 0 Å². The van der Waals surface area contributed by atoms with Gasteiger partial charge >= 0.3 is 0 Å². The van der Waals surface area contributed by atoms with E-state index in [9.17, 15) is 0 Å². The van der Waals surface area contributed by atoms with Gasteiger partial charge < -0.3 is 0 Å². The van der Waals surface area contributed by atoms with Crippen molar-refractivity contribution in [3.05, 3.63) is 33.4 Å². The highest BCUT2D eigenvalue weighted by Gasteiger charge is 1.99. The highest BCUT2D eigenvalue weighted by molar-refractivity contribution is 14.1. The molecule has 54 valence electrons. The van der Waals surface area contributed by atoms with Crippen LogP contribution in [-0.4, -0.2) is 0 Å². The zero-order valence-electron chi connectivity index (χ0n) is 5.02. The second-order valence-electron chi connectivity index (χ2n) is 1.85. The lowest BCUT2D eigenvalue weighted by Crippen LogP contribution is -1.78. The van der Waals surface area contributed by atoms with Gasteiger partial charge in [-0.25, -0.2) is 0 Å². The first-order valence-electron chi connectivity index (χ1n) is 2.74. The molecule has 0 spiro atoms. The van der Waals surface area contributed by atoms with Crippen LogP contribution in [-0.2, 0) is 0 Å². The van der Waals surface area contributed by atoms with E-state index in [4.69, 9.17) is 0 Å². The Balaban J connectivity index is 2.89. The van der Waals surface area contributed by atoms with Crippen LogP contribution in [0.25, 0.3) is 0 Å². The maximum Gasteiger partial charge on any atom is 0.0946 e. The van der Waals surface area contributed by atoms with Crippen LogP contribution in [0.5, 0.6) is 0 Å². The van der Waals surface area contributed by atoms with E-state index in [1.807, 2.05) is 0 Å². The van der Waals surface area contributed by atoms with E-state index in [2.05, 4.69) is 78.7 Å². The molecule has 0 bridgehead atoms. The molecule has 0 saturated carbocycles. The van der Waals surface area contributed by atoms with E-state index in [0.717, 1.165) is 0 Å². The van der Waals surface area contributed by atoms with Crippen molar-refractivity contribution in [2.24, 2.45) is 0 Å². The molecule has 0 N–H and O–H groups in total. The van der Waals surface area contributed by atoms with Gasteiger partial charge in [0.2, 0.25) is 0 Å². The molecule has 0 saturated heterocycles. The Labute approximate surface area is 90.8 Å². The third-order valence-corrected chi connectivity index (χ3v) is 2.90. The summed E-state index contributed by atoms with van der Waals surface area (Å²) in [4.78, 5) is 0. The smallest absolute Gasteiger partial charge is 0.0712 e. The fourth-order valence-corrected chi connectivity index (χ4v) is 1.58. The second-order valence-corrected chi connectivity index (χ2v) is 6.16. The predicted molar refractivity (Wildman–Crippen MR) is 59.8 cm³/mol. The average molecular weight is 376 g/mol. The molecular formula is C7H5Br2I. The summed E-state index contributed by atoms with van der Waals surface area (Å²) in [5, 5.41) is 0. The van der Waals surface area contributed by atoms with E-state index in [0.29, 0.717) is 0 Å². The monoisotopic (exact) mass is 374 g/mol. The van der Waals surface area contributed by atoms with Crippen molar-refractivity contribution >= 4 is 54.5 Å². The molecule has 0 unspecified atom stereocenters. The minimum atomic E-state index is 0.275. The predicted octanol–water partition coefficient (Wildman–Crippen LogP) is 4.08. The van der Waals surface area contributed by atoms with Gasteiger partial charge in [0, 0.05) is 3.57 Å². The quantitative estimate of drug-likeness (QED) is 0.512. The highest BCUT2D eigenvalue weighted by atomic mass is 127. The fourth-order valence-electron chi connectivity index (χ4n) is 0.608. The van der Waals surface area contributed by atoms with Crippen LogP contribution < -0.4 is 0 Å². The Hall–Kier alpha value is 0.910. The number of rotatable bonds is 1. The van der Waals surface area contributed by atoms with E-state index < -0.39 is 0 Å². The Kier molecular flexibility index (Phi) is 3.66. The molecule has 1 aromatic carbocycles. The first-order valence-corrected chi connectivity index (χ1v) is 5.65. The Morgan fingerprint density at radius 2 is 1.60 bits per heavy atom. The lowest BCUT2D eigenvalue weighted by molar-refractivity contribution is 1.41. The van der Waals surface area contributed by atoms with Crippen LogP contribution in [0, 0.1) is 3.57 Å². The molecule has 0 aliphatic heterocycles. The van der Waals surface area contributed by atoms with Crippen molar-refractivity contribution in [3.63, 3.8) is 0 Å². The number of hydrogen-bond donors (Lipinski definition) is 0. The minimum Gasteiger partial charge on any atom is -0.0712 e. The van der Waals surface area contributed by atoms with Gasteiger partial charge in [0.25, 0.3) is 0 Å². The molecule has 0 aromatic heterocycles. The molecule has 1 aromatic rings. The standard InChI is InChI=1S/C7H5Br2I/c8-7(9)5-1-3-6(10)4-2-5/h1-4,7H. The number of hydrogen-bond acceptors (Lipinski definition) is 0. The fraction of sp³-hybridized carbons (Fsp3) is 0.143. The van der Waals surface area contributed by atoms with Crippen LogP contribution >= 0.6 is 54.5 Å². The van der Waals surface area contributed by atoms with Crippen molar-refractivity contribution in [2.45, 2.75) is 3.74 Å². The first-order chi connectivity index (χ1) is 4.70. The highest BCUT2D eigenvalue weighted by Crippen LogP contribution is 2.28. The molecule has 3 heteroatoms. The van der Waals surface area contributed by atoms with Gasteiger partial charge in [-0.1, -0.05) is 44.0 Å². The molecule has 0 nitrogen and oxygen atoms in total. The molecule has 0 radical (unpaired) electrons. The molecule has 0 atom stereocenters. The summed E-state index contributed by atoms with van der Waals surface area (Å²) >= 11 is 9.13. The maximum atomic E-state index is 3.42. The molecule has 0 heterocycles. The SMILES string of the molecule is BrC(Br)c1ccc(I)cc1. The Bertz CT molecular complexity index is 205. The van der Waals surface area contributed by atoms with Crippen molar-refractivity contribution in [1.82, 2.24) is 0 Å². The first kappa shape index (κ1) is 9.00. The molecule has 0 fully saturated rings. The van der Waals surface area contributed by atoms with Crippen LogP contribution in [0.2, 0.25) is 0 Å². The zero-order valence-corrected chi connectivity index (χ0v) is 10.4. The summed E-state index contributed by atoms with van der Waals surface area (Å²) in [6, 6.07) is 8.36. The summed E-state index contributed by atoms with van der Waals surface area (Å²) in [5.74, 6) is 0. The summed E-state index contributed by atoms with van der Waals surface area (Å²) in [6.45, 7) is 0. The Morgan fingerprint density at radius 1 is 1.10 bits per heavy atom. The normalized spacial score (nSPS) is 10.4. The summed E-state index contributed by atoms with van der Waals surface area (Å²) < 4.78 is 1.54. The van der Waals surface area contributed by atoms with Crippen molar-refractivity contribution in [3.8, 4) is 0 Å². The molecule has 10 heavy (non-hydrogen) atoms. The summed E-state index contributed by atoms with van der Waals surface area (Å²) in [5.41, 5.74) is 1.25. The summed E-state index contributed by atoms with van der Waals surface area (Å²) in [7, 11) is 0. The number of benzene rings is 1. The van der Waals surface area contributed by atoms with E-state index in [1.54, 1.807) is 0 Å². The third-order valence-electron chi connectivity index (χ3n) is 1.12. The van der Waals surface area contributed by atoms with Crippen molar-refractivity contribution < 1.29 is 0 Å². The topological polar surface area (TPSA) is 0 Å².